The summed E-state index contributed by atoms with van der Waals surface area (Å²) >= 11 is 6.02. The molecule has 1 aromatic heterocycles. The molecule has 3 aromatic rings. The molecule has 7 nitrogen and oxygen atoms in total. The van der Waals surface area contributed by atoms with Gasteiger partial charge in [-0.05, 0) is 30.3 Å². The van der Waals surface area contributed by atoms with Gasteiger partial charge in [0.15, 0.2) is 0 Å². The normalized spacial score (nSPS) is 12.0. The Morgan fingerprint density at radius 2 is 1.65 bits per heavy atom. The van der Waals surface area contributed by atoms with Crippen molar-refractivity contribution in [3.8, 4) is 17.2 Å². The SMILES string of the molecule is Oc1ccc([C@@H](Nn2cnnc2)c2cc(Cl)ccc2O)c(O)c1. The van der Waals surface area contributed by atoms with Crippen molar-refractivity contribution in [2.75, 3.05) is 5.43 Å². The second kappa shape index (κ2) is 6.05. The van der Waals surface area contributed by atoms with Crippen LogP contribution >= 0.6 is 11.6 Å². The number of rotatable bonds is 4. The van der Waals surface area contributed by atoms with Crippen molar-refractivity contribution in [3.63, 3.8) is 0 Å². The minimum Gasteiger partial charge on any atom is -0.508 e. The number of aromatic nitrogens is 3. The predicted molar refractivity (Wildman–Crippen MR) is 84.1 cm³/mol. The Balaban J connectivity index is 2.11. The lowest BCUT2D eigenvalue weighted by atomic mass is 9.97. The summed E-state index contributed by atoms with van der Waals surface area (Å²) in [6, 6.07) is 8.18. The van der Waals surface area contributed by atoms with Crippen molar-refractivity contribution < 1.29 is 15.3 Å². The highest BCUT2D eigenvalue weighted by Crippen LogP contribution is 2.37. The monoisotopic (exact) mass is 332 g/mol. The highest BCUT2D eigenvalue weighted by molar-refractivity contribution is 6.30. The molecule has 2 aromatic carbocycles. The van der Waals surface area contributed by atoms with Gasteiger partial charge in [0.05, 0.1) is 6.04 Å². The Labute approximate surface area is 136 Å². The summed E-state index contributed by atoms with van der Waals surface area (Å²) in [4.78, 5) is 0. The fourth-order valence-corrected chi connectivity index (χ4v) is 2.44. The average Bonchev–Trinajstić information content (AvgIpc) is 3.01. The Hall–Kier alpha value is -2.93. The number of benzene rings is 2. The lowest BCUT2D eigenvalue weighted by Gasteiger charge is -2.22. The predicted octanol–water partition coefficient (Wildman–Crippen LogP) is 2.38. The maximum Gasteiger partial charge on any atom is 0.138 e. The van der Waals surface area contributed by atoms with E-state index in [1.54, 1.807) is 18.2 Å². The van der Waals surface area contributed by atoms with Gasteiger partial charge in [0.25, 0.3) is 0 Å². The number of phenols is 3. The van der Waals surface area contributed by atoms with Crippen LogP contribution in [0.25, 0.3) is 0 Å². The van der Waals surface area contributed by atoms with Crippen molar-refractivity contribution >= 4 is 11.6 Å². The van der Waals surface area contributed by atoms with Crippen LogP contribution < -0.4 is 5.43 Å². The van der Waals surface area contributed by atoms with Crippen LogP contribution in [0.3, 0.4) is 0 Å². The largest absolute Gasteiger partial charge is 0.508 e. The Morgan fingerprint density at radius 3 is 2.35 bits per heavy atom. The van der Waals surface area contributed by atoms with E-state index in [2.05, 4.69) is 15.6 Å². The van der Waals surface area contributed by atoms with Gasteiger partial charge in [-0.2, -0.15) is 0 Å². The van der Waals surface area contributed by atoms with Gasteiger partial charge in [-0.1, -0.05) is 11.6 Å². The van der Waals surface area contributed by atoms with Gasteiger partial charge < -0.3 is 20.7 Å². The number of nitrogens with one attached hydrogen (secondary N) is 1. The summed E-state index contributed by atoms with van der Waals surface area (Å²) in [5.41, 5.74) is 3.94. The lowest BCUT2D eigenvalue weighted by Crippen LogP contribution is -2.21. The van der Waals surface area contributed by atoms with E-state index in [9.17, 15) is 15.3 Å². The van der Waals surface area contributed by atoms with E-state index < -0.39 is 6.04 Å². The third kappa shape index (κ3) is 3.14. The topological polar surface area (TPSA) is 103 Å². The first-order valence-electron chi connectivity index (χ1n) is 6.66. The second-order valence-electron chi connectivity index (χ2n) is 4.88. The quantitative estimate of drug-likeness (QED) is 0.585. The zero-order valence-corrected chi connectivity index (χ0v) is 12.5. The van der Waals surface area contributed by atoms with E-state index in [-0.39, 0.29) is 17.2 Å². The molecule has 0 aliphatic rings. The highest BCUT2D eigenvalue weighted by Gasteiger charge is 2.22. The van der Waals surface area contributed by atoms with Crippen LogP contribution in [0, 0.1) is 0 Å². The van der Waals surface area contributed by atoms with Crippen molar-refractivity contribution in [3.05, 3.63) is 65.2 Å². The van der Waals surface area contributed by atoms with Crippen LogP contribution in [0.4, 0.5) is 0 Å². The first kappa shape index (κ1) is 15.0. The zero-order chi connectivity index (χ0) is 16.4. The molecule has 0 fully saturated rings. The van der Waals surface area contributed by atoms with E-state index >= 15 is 0 Å². The number of phenolic OH excluding ortho intramolecular Hbond substituents is 3. The smallest absolute Gasteiger partial charge is 0.138 e. The lowest BCUT2D eigenvalue weighted by molar-refractivity contribution is 0.441. The summed E-state index contributed by atoms with van der Waals surface area (Å²) in [6.45, 7) is 0. The van der Waals surface area contributed by atoms with Crippen LogP contribution in [0.2, 0.25) is 5.02 Å². The summed E-state index contributed by atoms with van der Waals surface area (Å²) in [6.07, 6.45) is 2.87. The molecule has 3 rings (SSSR count). The van der Waals surface area contributed by atoms with Gasteiger partial charge >= 0.3 is 0 Å². The van der Waals surface area contributed by atoms with E-state index in [1.807, 2.05) is 0 Å². The summed E-state index contributed by atoms with van der Waals surface area (Å²) in [7, 11) is 0. The van der Waals surface area contributed by atoms with Gasteiger partial charge in [0, 0.05) is 22.2 Å². The molecular weight excluding hydrogens is 320 g/mol. The van der Waals surface area contributed by atoms with Gasteiger partial charge in [-0.3, -0.25) is 0 Å². The standard InChI is InChI=1S/C15H13ClN4O3/c16-9-1-4-13(22)12(5-9)15(19-20-7-17-18-8-20)11-3-2-10(21)6-14(11)23/h1-8,15,19,21-23H/t15-/m1/s1. The first-order valence-corrected chi connectivity index (χ1v) is 7.04. The van der Waals surface area contributed by atoms with Gasteiger partial charge in [0.1, 0.15) is 29.9 Å². The van der Waals surface area contributed by atoms with E-state index in [0.717, 1.165) is 0 Å². The summed E-state index contributed by atoms with van der Waals surface area (Å²) in [5, 5.41) is 37.6. The zero-order valence-electron chi connectivity index (χ0n) is 11.8. The van der Waals surface area contributed by atoms with Crippen LogP contribution in [0.1, 0.15) is 17.2 Å². The third-order valence-electron chi connectivity index (χ3n) is 3.32. The Morgan fingerprint density at radius 1 is 0.913 bits per heavy atom. The first-order chi connectivity index (χ1) is 11.0. The van der Waals surface area contributed by atoms with Crippen LogP contribution in [-0.2, 0) is 0 Å². The number of halogens is 1. The van der Waals surface area contributed by atoms with Crippen LogP contribution in [0.15, 0.2) is 49.1 Å². The Bertz CT molecular complexity index is 824. The molecule has 118 valence electrons. The molecule has 0 radical (unpaired) electrons. The molecule has 0 aliphatic heterocycles. The molecular formula is C15H13ClN4O3. The van der Waals surface area contributed by atoms with E-state index in [4.69, 9.17) is 11.6 Å². The molecule has 1 atom stereocenters. The van der Waals surface area contributed by atoms with Crippen molar-refractivity contribution in [2.24, 2.45) is 0 Å². The molecule has 23 heavy (non-hydrogen) atoms. The molecule has 0 unspecified atom stereocenters. The summed E-state index contributed by atoms with van der Waals surface area (Å²) < 4.78 is 1.48. The van der Waals surface area contributed by atoms with Crippen molar-refractivity contribution in [1.29, 1.82) is 0 Å². The number of aromatic hydroxyl groups is 3. The van der Waals surface area contributed by atoms with Crippen LogP contribution in [0.5, 0.6) is 17.2 Å². The minimum absolute atomic E-state index is 0.00690. The Kier molecular flexibility index (Phi) is 3.94. The van der Waals surface area contributed by atoms with Gasteiger partial charge in [-0.15, -0.1) is 10.2 Å². The second-order valence-corrected chi connectivity index (χ2v) is 5.31. The average molecular weight is 333 g/mol. The van der Waals surface area contributed by atoms with Gasteiger partial charge in [-0.25, -0.2) is 4.68 Å². The third-order valence-corrected chi connectivity index (χ3v) is 3.56. The van der Waals surface area contributed by atoms with E-state index in [1.165, 1.54) is 35.5 Å². The number of nitrogens with zero attached hydrogens (tertiary/aromatic N) is 3. The molecule has 1 heterocycles. The van der Waals surface area contributed by atoms with Crippen molar-refractivity contribution in [2.45, 2.75) is 6.04 Å². The van der Waals surface area contributed by atoms with Crippen LogP contribution in [-0.4, -0.2) is 30.2 Å². The molecule has 8 heteroatoms. The molecule has 0 amide bonds. The van der Waals surface area contributed by atoms with Crippen molar-refractivity contribution in [1.82, 2.24) is 14.9 Å². The summed E-state index contributed by atoms with van der Waals surface area (Å²) in [5.74, 6) is -0.188. The fraction of sp³-hybridized carbons (Fsp3) is 0.0667. The maximum absolute atomic E-state index is 10.2. The minimum atomic E-state index is -0.648. The number of hydrogen-bond acceptors (Lipinski definition) is 6. The maximum atomic E-state index is 10.2. The molecule has 0 spiro atoms. The number of hydrogen-bond donors (Lipinski definition) is 4. The highest BCUT2D eigenvalue weighted by atomic mass is 35.5. The molecule has 0 bridgehead atoms. The molecule has 0 saturated carbocycles. The molecule has 4 N–H and O–H groups in total. The van der Waals surface area contributed by atoms with Gasteiger partial charge in [0.2, 0.25) is 0 Å². The molecule has 0 saturated heterocycles. The fourth-order valence-electron chi connectivity index (χ4n) is 2.26. The van der Waals surface area contributed by atoms with E-state index in [0.29, 0.717) is 16.1 Å². The molecule has 0 aliphatic carbocycles.